The molecule has 0 aliphatic carbocycles. The number of nitrogens with zero attached hydrogens (tertiary/aromatic N) is 3. The van der Waals surface area contributed by atoms with Gasteiger partial charge in [0.05, 0.1) is 11.6 Å². The molecule has 22 heavy (non-hydrogen) atoms. The smallest absolute Gasteiger partial charge is 0.231 e. The summed E-state index contributed by atoms with van der Waals surface area (Å²) in [6.45, 7) is 1.94. The van der Waals surface area contributed by atoms with Crippen molar-refractivity contribution in [3.05, 3.63) is 35.1 Å². The summed E-state index contributed by atoms with van der Waals surface area (Å²) in [4.78, 5) is 25.5. The standard InChI is InChI=1S/C14H13FN4O2S/c1-8-17-18-14(22-8)16-13(21)9-6-12(20)19(7-9)11-5-3-2-4-10(11)15/h2-5,9H,6-7H2,1H3,(H,16,18,21). The molecule has 1 aromatic heterocycles. The molecule has 1 saturated heterocycles. The van der Waals surface area contributed by atoms with Gasteiger partial charge in [-0.15, -0.1) is 10.2 Å². The van der Waals surface area contributed by atoms with E-state index in [2.05, 4.69) is 15.5 Å². The van der Waals surface area contributed by atoms with Crippen LogP contribution in [0.15, 0.2) is 24.3 Å². The van der Waals surface area contributed by atoms with Crippen molar-refractivity contribution in [2.75, 3.05) is 16.8 Å². The zero-order chi connectivity index (χ0) is 15.7. The van der Waals surface area contributed by atoms with Crippen LogP contribution < -0.4 is 10.2 Å². The van der Waals surface area contributed by atoms with E-state index in [9.17, 15) is 14.0 Å². The topological polar surface area (TPSA) is 75.2 Å². The Morgan fingerprint density at radius 2 is 2.18 bits per heavy atom. The van der Waals surface area contributed by atoms with Crippen LogP contribution in [0.5, 0.6) is 0 Å². The van der Waals surface area contributed by atoms with Gasteiger partial charge in [0.1, 0.15) is 10.8 Å². The van der Waals surface area contributed by atoms with E-state index in [-0.39, 0.29) is 30.5 Å². The van der Waals surface area contributed by atoms with Crippen LogP contribution in [0.1, 0.15) is 11.4 Å². The van der Waals surface area contributed by atoms with Crippen molar-refractivity contribution in [1.29, 1.82) is 0 Å². The summed E-state index contributed by atoms with van der Waals surface area (Å²) in [5.74, 6) is -1.57. The highest BCUT2D eigenvalue weighted by Gasteiger charge is 2.36. The summed E-state index contributed by atoms with van der Waals surface area (Å²) in [6, 6.07) is 6.03. The van der Waals surface area contributed by atoms with Gasteiger partial charge in [0.25, 0.3) is 0 Å². The number of aromatic nitrogens is 2. The number of nitrogens with one attached hydrogen (secondary N) is 1. The minimum atomic E-state index is -0.531. The molecule has 1 aliphatic heterocycles. The fourth-order valence-corrected chi connectivity index (χ4v) is 2.94. The van der Waals surface area contributed by atoms with Gasteiger partial charge in [-0.2, -0.15) is 0 Å². The Labute approximate surface area is 130 Å². The second kappa shape index (κ2) is 5.80. The van der Waals surface area contributed by atoms with E-state index in [0.717, 1.165) is 5.01 Å². The number of carbonyl (C=O) groups excluding carboxylic acids is 2. The molecule has 1 aliphatic rings. The Morgan fingerprint density at radius 1 is 1.41 bits per heavy atom. The molecule has 0 spiro atoms. The lowest BCUT2D eigenvalue weighted by Gasteiger charge is -2.17. The average Bonchev–Trinajstić information content (AvgIpc) is 3.06. The zero-order valence-corrected chi connectivity index (χ0v) is 12.6. The number of hydrogen-bond donors (Lipinski definition) is 1. The van der Waals surface area contributed by atoms with Crippen LogP contribution >= 0.6 is 11.3 Å². The first-order chi connectivity index (χ1) is 10.5. The number of halogens is 1. The number of anilines is 2. The van der Waals surface area contributed by atoms with Gasteiger partial charge in [0.15, 0.2) is 0 Å². The molecule has 114 valence electrons. The Hall–Kier alpha value is -2.35. The first-order valence-electron chi connectivity index (χ1n) is 6.70. The minimum absolute atomic E-state index is 0.0535. The number of benzene rings is 1. The van der Waals surface area contributed by atoms with Crippen LogP contribution in [0.25, 0.3) is 0 Å². The number of rotatable bonds is 3. The van der Waals surface area contributed by atoms with E-state index in [0.29, 0.717) is 5.13 Å². The Bertz CT molecular complexity index is 733. The van der Waals surface area contributed by atoms with Crippen molar-refractivity contribution in [2.45, 2.75) is 13.3 Å². The highest BCUT2D eigenvalue weighted by molar-refractivity contribution is 7.15. The third kappa shape index (κ3) is 2.82. The number of hydrogen-bond acceptors (Lipinski definition) is 5. The minimum Gasteiger partial charge on any atom is -0.309 e. The van der Waals surface area contributed by atoms with Crippen molar-refractivity contribution < 1.29 is 14.0 Å². The summed E-state index contributed by atoms with van der Waals surface area (Å²) in [5.41, 5.74) is 0.203. The summed E-state index contributed by atoms with van der Waals surface area (Å²) in [6.07, 6.45) is 0.0535. The molecule has 6 nitrogen and oxygen atoms in total. The van der Waals surface area contributed by atoms with Crippen LogP contribution in [0.3, 0.4) is 0 Å². The normalized spacial score (nSPS) is 17.8. The predicted molar refractivity (Wildman–Crippen MR) is 80.1 cm³/mol. The number of carbonyl (C=O) groups is 2. The monoisotopic (exact) mass is 320 g/mol. The summed E-state index contributed by atoms with van der Waals surface area (Å²) >= 11 is 1.26. The Balaban J connectivity index is 1.71. The molecule has 1 aromatic carbocycles. The molecule has 0 saturated carbocycles. The largest absolute Gasteiger partial charge is 0.309 e. The third-order valence-corrected chi connectivity index (χ3v) is 4.15. The molecule has 2 heterocycles. The van der Waals surface area contributed by atoms with Gasteiger partial charge in [-0.1, -0.05) is 23.5 Å². The Kier molecular flexibility index (Phi) is 3.84. The molecule has 2 aromatic rings. The van der Waals surface area contributed by atoms with Gasteiger partial charge in [-0.25, -0.2) is 4.39 Å². The van der Waals surface area contributed by atoms with Gasteiger partial charge in [0, 0.05) is 13.0 Å². The lowest BCUT2D eigenvalue weighted by Crippen LogP contribution is -2.28. The van der Waals surface area contributed by atoms with Crippen LogP contribution in [0.4, 0.5) is 15.2 Å². The molecule has 1 fully saturated rings. The van der Waals surface area contributed by atoms with E-state index < -0.39 is 11.7 Å². The zero-order valence-electron chi connectivity index (χ0n) is 11.7. The van der Waals surface area contributed by atoms with Crippen molar-refractivity contribution in [3.8, 4) is 0 Å². The van der Waals surface area contributed by atoms with Crippen molar-refractivity contribution in [2.24, 2.45) is 5.92 Å². The van der Waals surface area contributed by atoms with Crippen molar-refractivity contribution in [1.82, 2.24) is 10.2 Å². The van der Waals surface area contributed by atoms with E-state index in [4.69, 9.17) is 0 Å². The van der Waals surface area contributed by atoms with E-state index in [1.807, 2.05) is 0 Å². The highest BCUT2D eigenvalue weighted by Crippen LogP contribution is 2.28. The van der Waals surface area contributed by atoms with Crippen LogP contribution in [-0.4, -0.2) is 28.6 Å². The second-order valence-corrected chi connectivity index (χ2v) is 6.15. The maximum atomic E-state index is 13.8. The fourth-order valence-electron chi connectivity index (χ4n) is 2.34. The molecular weight excluding hydrogens is 307 g/mol. The van der Waals surface area contributed by atoms with E-state index >= 15 is 0 Å². The van der Waals surface area contributed by atoms with Gasteiger partial charge in [-0.3, -0.25) is 9.59 Å². The third-order valence-electron chi connectivity index (χ3n) is 3.40. The van der Waals surface area contributed by atoms with Gasteiger partial charge in [0.2, 0.25) is 16.9 Å². The van der Waals surface area contributed by atoms with Crippen LogP contribution in [0, 0.1) is 18.7 Å². The number of para-hydroxylation sites is 1. The molecule has 1 N–H and O–H groups in total. The first-order valence-corrected chi connectivity index (χ1v) is 7.52. The van der Waals surface area contributed by atoms with Gasteiger partial charge >= 0.3 is 0 Å². The molecule has 8 heteroatoms. The molecular formula is C14H13FN4O2S. The summed E-state index contributed by atoms with van der Waals surface area (Å²) in [5, 5.41) is 11.4. The molecule has 3 rings (SSSR count). The van der Waals surface area contributed by atoms with Crippen molar-refractivity contribution in [3.63, 3.8) is 0 Å². The number of amides is 2. The summed E-state index contributed by atoms with van der Waals surface area (Å²) in [7, 11) is 0. The second-order valence-electron chi connectivity index (χ2n) is 4.97. The maximum absolute atomic E-state index is 13.8. The highest BCUT2D eigenvalue weighted by atomic mass is 32.1. The molecule has 0 bridgehead atoms. The van der Waals surface area contributed by atoms with Gasteiger partial charge < -0.3 is 10.2 Å². The van der Waals surface area contributed by atoms with Gasteiger partial charge in [-0.05, 0) is 19.1 Å². The van der Waals surface area contributed by atoms with Crippen LogP contribution in [0.2, 0.25) is 0 Å². The maximum Gasteiger partial charge on any atom is 0.231 e. The molecule has 1 atom stereocenters. The average molecular weight is 320 g/mol. The molecule has 1 unspecified atom stereocenters. The lowest BCUT2D eigenvalue weighted by atomic mass is 10.1. The Morgan fingerprint density at radius 3 is 2.86 bits per heavy atom. The lowest BCUT2D eigenvalue weighted by molar-refractivity contribution is -0.122. The first kappa shape index (κ1) is 14.6. The number of aryl methyl sites for hydroxylation is 1. The molecule has 0 radical (unpaired) electrons. The van der Waals surface area contributed by atoms with E-state index in [1.165, 1.54) is 28.4 Å². The predicted octanol–water partition coefficient (Wildman–Crippen LogP) is 1.98. The van der Waals surface area contributed by atoms with E-state index in [1.54, 1.807) is 19.1 Å². The summed E-state index contributed by atoms with van der Waals surface area (Å²) < 4.78 is 13.8. The van der Waals surface area contributed by atoms with Crippen molar-refractivity contribution >= 4 is 34.0 Å². The van der Waals surface area contributed by atoms with Crippen LogP contribution in [-0.2, 0) is 9.59 Å². The SMILES string of the molecule is Cc1nnc(NC(=O)C2CC(=O)N(c3ccccc3F)C2)s1. The quantitative estimate of drug-likeness (QED) is 0.938. The molecule has 2 amide bonds. The fraction of sp³-hybridized carbons (Fsp3) is 0.286.